The highest BCUT2D eigenvalue weighted by Crippen LogP contribution is 2.18. The van der Waals surface area contributed by atoms with Crippen LogP contribution < -0.4 is 5.32 Å². The van der Waals surface area contributed by atoms with E-state index in [4.69, 9.17) is 4.74 Å². The molecule has 0 aromatic rings. The molecule has 0 spiro atoms. The fourth-order valence-corrected chi connectivity index (χ4v) is 10.4. The summed E-state index contributed by atoms with van der Waals surface area (Å²) in [6, 6.07) is -0.551. The van der Waals surface area contributed by atoms with Crippen LogP contribution in [0.5, 0.6) is 0 Å². The average Bonchev–Trinajstić information content (AvgIpc) is 3.42. The Kier molecular flexibility index (Phi) is 63.5. The van der Waals surface area contributed by atoms with Crippen molar-refractivity contribution in [2.75, 3.05) is 13.2 Å². The summed E-state index contributed by atoms with van der Waals surface area (Å²) in [6.07, 6.45) is 84.3. The van der Waals surface area contributed by atoms with Crippen LogP contribution in [0.1, 0.15) is 361 Å². The highest BCUT2D eigenvalue weighted by molar-refractivity contribution is 5.76. The predicted molar refractivity (Wildman–Crippen MR) is 333 cm³/mol. The Balaban J connectivity index is 3.46. The number of hydrogen-bond acceptors (Lipinski definition) is 5. The molecule has 1 amide bonds. The van der Waals surface area contributed by atoms with Crippen LogP contribution in [-0.4, -0.2) is 47.4 Å². The standard InChI is InChI=1S/C70H131NO5/c1-3-5-7-9-11-13-15-17-18-19-20-21-23-26-29-32-35-39-42-46-50-54-58-62-68(73)67(66-72)71-69(74)63-59-55-51-47-43-40-36-33-30-27-24-22-25-28-31-34-37-41-45-49-53-57-61-65-76-70(75)64-60-56-52-48-44-38-16-14-12-10-8-6-4-2/h8,10,14,16,22,25,27,30,67-68,72-73H,3-7,9,11-13,15,17-21,23-24,26,28-29,31-66H2,1-2H3,(H,71,74)/b10-8-,16-14-,25-22-,30-27-. The minimum Gasteiger partial charge on any atom is -0.466 e. The normalized spacial score (nSPS) is 12.8. The van der Waals surface area contributed by atoms with Crippen LogP contribution in [0, 0.1) is 0 Å². The largest absolute Gasteiger partial charge is 0.466 e. The Morgan fingerprint density at radius 3 is 1.05 bits per heavy atom. The molecule has 0 aliphatic carbocycles. The monoisotopic (exact) mass is 1070 g/mol. The average molecular weight is 1070 g/mol. The van der Waals surface area contributed by atoms with Crippen molar-refractivity contribution in [3.8, 4) is 0 Å². The van der Waals surface area contributed by atoms with E-state index < -0.39 is 12.1 Å². The van der Waals surface area contributed by atoms with Crippen LogP contribution in [0.25, 0.3) is 0 Å². The van der Waals surface area contributed by atoms with Crippen LogP contribution >= 0.6 is 0 Å². The van der Waals surface area contributed by atoms with E-state index in [2.05, 4.69) is 67.8 Å². The SMILES string of the molecule is CCC/C=C\C/C=C\CCCCCCCC(=O)OCCCCCCCCCCC/C=C\C/C=C\CCCCCCCCCC(=O)NC(CO)C(O)CCCCCCCCCCCCCCCCCCCCCCCCC. The number of esters is 1. The third kappa shape index (κ3) is 61.0. The number of aliphatic hydroxyl groups excluding tert-OH is 2. The van der Waals surface area contributed by atoms with Gasteiger partial charge in [0, 0.05) is 12.8 Å². The first-order chi connectivity index (χ1) is 37.5. The van der Waals surface area contributed by atoms with Gasteiger partial charge in [-0.15, -0.1) is 0 Å². The Morgan fingerprint density at radius 1 is 0.368 bits per heavy atom. The molecule has 0 saturated heterocycles. The van der Waals surface area contributed by atoms with Crippen LogP contribution in [0.15, 0.2) is 48.6 Å². The second-order valence-electron chi connectivity index (χ2n) is 23.1. The number of allylic oxidation sites excluding steroid dienone is 8. The third-order valence-electron chi connectivity index (χ3n) is 15.6. The smallest absolute Gasteiger partial charge is 0.305 e. The van der Waals surface area contributed by atoms with Crippen molar-refractivity contribution < 1.29 is 24.5 Å². The summed E-state index contributed by atoms with van der Waals surface area (Å²) in [7, 11) is 0. The van der Waals surface area contributed by atoms with Crippen LogP contribution in [0.4, 0.5) is 0 Å². The number of amides is 1. The van der Waals surface area contributed by atoms with Crippen molar-refractivity contribution in [2.24, 2.45) is 0 Å². The van der Waals surface area contributed by atoms with E-state index in [1.807, 2.05) is 0 Å². The summed E-state index contributed by atoms with van der Waals surface area (Å²) in [4.78, 5) is 24.6. The van der Waals surface area contributed by atoms with Crippen LogP contribution in [0.3, 0.4) is 0 Å². The van der Waals surface area contributed by atoms with Crippen LogP contribution in [-0.2, 0) is 14.3 Å². The maximum atomic E-state index is 12.5. The van der Waals surface area contributed by atoms with Gasteiger partial charge in [0.2, 0.25) is 5.91 Å². The number of hydrogen-bond donors (Lipinski definition) is 3. The van der Waals surface area contributed by atoms with Gasteiger partial charge < -0.3 is 20.3 Å². The molecule has 0 aromatic carbocycles. The van der Waals surface area contributed by atoms with Crippen LogP contribution in [0.2, 0.25) is 0 Å². The molecule has 0 bridgehead atoms. The first-order valence-corrected chi connectivity index (χ1v) is 33.9. The third-order valence-corrected chi connectivity index (χ3v) is 15.6. The molecule has 0 rings (SSSR count). The lowest BCUT2D eigenvalue weighted by atomic mass is 10.0. The fourth-order valence-electron chi connectivity index (χ4n) is 10.4. The second-order valence-corrected chi connectivity index (χ2v) is 23.1. The Bertz CT molecular complexity index is 1270. The van der Waals surface area contributed by atoms with E-state index >= 15 is 0 Å². The first kappa shape index (κ1) is 73.8. The van der Waals surface area contributed by atoms with Crippen molar-refractivity contribution in [3.05, 3.63) is 48.6 Å². The maximum absolute atomic E-state index is 12.5. The lowest BCUT2D eigenvalue weighted by Crippen LogP contribution is -2.45. The highest BCUT2D eigenvalue weighted by atomic mass is 16.5. The molecule has 76 heavy (non-hydrogen) atoms. The van der Waals surface area contributed by atoms with E-state index in [9.17, 15) is 19.8 Å². The number of rotatable bonds is 63. The summed E-state index contributed by atoms with van der Waals surface area (Å²) in [5, 5.41) is 23.4. The zero-order chi connectivity index (χ0) is 55.0. The summed E-state index contributed by atoms with van der Waals surface area (Å²) in [5.41, 5.74) is 0. The molecule has 0 saturated carbocycles. The molecule has 0 radical (unpaired) electrons. The molecule has 6 nitrogen and oxygen atoms in total. The number of aliphatic hydroxyl groups is 2. The Morgan fingerprint density at radius 2 is 0.684 bits per heavy atom. The molecule has 446 valence electrons. The van der Waals surface area contributed by atoms with Gasteiger partial charge in [0.15, 0.2) is 0 Å². The van der Waals surface area contributed by atoms with Gasteiger partial charge >= 0.3 is 5.97 Å². The Hall–Kier alpha value is -2.18. The number of nitrogens with one attached hydrogen (secondary N) is 1. The van der Waals surface area contributed by atoms with Crippen molar-refractivity contribution in [1.29, 1.82) is 0 Å². The molecule has 0 aliphatic heterocycles. The molecule has 0 heterocycles. The molecule has 0 aliphatic rings. The quantitative estimate of drug-likeness (QED) is 0.0320. The zero-order valence-electron chi connectivity index (χ0n) is 51.0. The van der Waals surface area contributed by atoms with Gasteiger partial charge in [0.1, 0.15) is 0 Å². The number of unbranched alkanes of at least 4 members (excludes halogenated alkanes) is 44. The molecule has 2 atom stereocenters. The topological polar surface area (TPSA) is 95.9 Å². The van der Waals surface area contributed by atoms with Gasteiger partial charge in [0.25, 0.3) is 0 Å². The molecule has 2 unspecified atom stereocenters. The number of carbonyl (C=O) groups is 2. The van der Waals surface area contributed by atoms with Crippen molar-refractivity contribution in [1.82, 2.24) is 5.32 Å². The lowest BCUT2D eigenvalue weighted by Gasteiger charge is -2.22. The van der Waals surface area contributed by atoms with Gasteiger partial charge in [-0.3, -0.25) is 9.59 Å². The molecule has 0 aromatic heterocycles. The minimum atomic E-state index is -0.673. The molecule has 0 fully saturated rings. The summed E-state index contributed by atoms with van der Waals surface area (Å²) < 4.78 is 5.46. The van der Waals surface area contributed by atoms with E-state index in [1.165, 1.54) is 263 Å². The highest BCUT2D eigenvalue weighted by Gasteiger charge is 2.20. The number of carbonyl (C=O) groups excluding carboxylic acids is 2. The van der Waals surface area contributed by atoms with Crippen molar-refractivity contribution in [2.45, 2.75) is 373 Å². The van der Waals surface area contributed by atoms with Gasteiger partial charge in [-0.1, -0.05) is 313 Å². The summed E-state index contributed by atoms with van der Waals surface area (Å²) >= 11 is 0. The summed E-state index contributed by atoms with van der Waals surface area (Å²) in [5.74, 6) is -0.0506. The molecule has 3 N–H and O–H groups in total. The molecule has 6 heteroatoms. The van der Waals surface area contributed by atoms with E-state index in [0.717, 1.165) is 64.2 Å². The van der Waals surface area contributed by atoms with Crippen molar-refractivity contribution in [3.63, 3.8) is 0 Å². The van der Waals surface area contributed by atoms with E-state index in [0.29, 0.717) is 25.9 Å². The second kappa shape index (κ2) is 65.3. The van der Waals surface area contributed by atoms with E-state index in [-0.39, 0.29) is 18.5 Å². The number of ether oxygens (including phenoxy) is 1. The van der Waals surface area contributed by atoms with Gasteiger partial charge in [-0.05, 0) is 83.5 Å². The van der Waals surface area contributed by atoms with Gasteiger partial charge in [-0.25, -0.2) is 0 Å². The van der Waals surface area contributed by atoms with Gasteiger partial charge in [-0.2, -0.15) is 0 Å². The van der Waals surface area contributed by atoms with Crippen molar-refractivity contribution >= 4 is 11.9 Å². The molecular formula is C70H131NO5. The summed E-state index contributed by atoms with van der Waals surface area (Å²) in [6.45, 7) is 4.90. The van der Waals surface area contributed by atoms with Gasteiger partial charge in [0.05, 0.1) is 25.4 Å². The lowest BCUT2D eigenvalue weighted by molar-refractivity contribution is -0.143. The first-order valence-electron chi connectivity index (χ1n) is 33.9. The minimum absolute atomic E-state index is 0.00817. The fraction of sp³-hybridized carbons (Fsp3) is 0.857. The Labute approximate surface area is 474 Å². The predicted octanol–water partition coefficient (Wildman–Crippen LogP) is 21.7. The zero-order valence-corrected chi connectivity index (χ0v) is 51.0. The maximum Gasteiger partial charge on any atom is 0.305 e. The van der Waals surface area contributed by atoms with E-state index in [1.54, 1.807) is 0 Å². The molecular weight excluding hydrogens is 935 g/mol.